The first kappa shape index (κ1) is 10.9. The van der Waals surface area contributed by atoms with Crippen molar-refractivity contribution in [3.8, 4) is 0 Å². The van der Waals surface area contributed by atoms with Crippen LogP contribution >= 0.6 is 11.3 Å². The van der Waals surface area contributed by atoms with Gasteiger partial charge in [0, 0.05) is 24.4 Å². The summed E-state index contributed by atoms with van der Waals surface area (Å²) in [6.07, 6.45) is 5.07. The van der Waals surface area contributed by atoms with Crippen LogP contribution in [0.3, 0.4) is 0 Å². The van der Waals surface area contributed by atoms with Gasteiger partial charge in [-0.2, -0.15) is 0 Å². The van der Waals surface area contributed by atoms with Crippen LogP contribution in [-0.2, 0) is 6.42 Å². The first-order valence-electron chi connectivity index (χ1n) is 5.73. The van der Waals surface area contributed by atoms with E-state index in [1.54, 1.807) is 11.3 Å². The van der Waals surface area contributed by atoms with E-state index in [0.29, 0.717) is 5.13 Å². The lowest BCUT2D eigenvalue weighted by atomic mass is 10.3. The van der Waals surface area contributed by atoms with Gasteiger partial charge in [-0.25, -0.2) is 4.98 Å². The quantitative estimate of drug-likeness (QED) is 0.806. The van der Waals surface area contributed by atoms with Gasteiger partial charge < -0.3 is 10.6 Å². The molecule has 2 N–H and O–H groups in total. The van der Waals surface area contributed by atoms with Gasteiger partial charge in [0.1, 0.15) is 0 Å². The molecule has 1 aromatic rings. The fourth-order valence-electron chi connectivity index (χ4n) is 1.90. The van der Waals surface area contributed by atoms with Gasteiger partial charge in [-0.1, -0.05) is 6.92 Å². The van der Waals surface area contributed by atoms with Crippen molar-refractivity contribution in [1.29, 1.82) is 0 Å². The summed E-state index contributed by atoms with van der Waals surface area (Å²) in [6.45, 7) is 4.61. The molecule has 0 saturated heterocycles. The van der Waals surface area contributed by atoms with Gasteiger partial charge in [0.05, 0.1) is 5.69 Å². The van der Waals surface area contributed by atoms with E-state index in [2.05, 4.69) is 22.2 Å². The summed E-state index contributed by atoms with van der Waals surface area (Å²) in [5.41, 5.74) is 6.76. The second kappa shape index (κ2) is 4.94. The molecule has 0 unspecified atom stereocenters. The zero-order valence-corrected chi connectivity index (χ0v) is 10.1. The lowest BCUT2D eigenvalue weighted by Crippen LogP contribution is -2.29. The predicted molar refractivity (Wildman–Crippen MR) is 65.1 cm³/mol. The Bertz CT molecular complexity index is 307. The summed E-state index contributed by atoms with van der Waals surface area (Å²) < 4.78 is 0. The molecule has 1 aromatic heterocycles. The van der Waals surface area contributed by atoms with E-state index in [4.69, 9.17) is 5.73 Å². The van der Waals surface area contributed by atoms with Crippen molar-refractivity contribution < 1.29 is 0 Å². The van der Waals surface area contributed by atoms with E-state index < -0.39 is 0 Å². The summed E-state index contributed by atoms with van der Waals surface area (Å²) in [6, 6.07) is 0.862. The van der Waals surface area contributed by atoms with Crippen LogP contribution in [0.2, 0.25) is 0 Å². The van der Waals surface area contributed by atoms with Crippen LogP contribution in [0, 0.1) is 0 Å². The lowest BCUT2D eigenvalue weighted by molar-refractivity contribution is 0.266. The molecule has 0 radical (unpaired) electrons. The summed E-state index contributed by atoms with van der Waals surface area (Å²) in [5.74, 6) is 0. The Balaban J connectivity index is 1.79. The van der Waals surface area contributed by atoms with Gasteiger partial charge in [-0.15, -0.1) is 11.3 Å². The molecule has 0 spiro atoms. The van der Waals surface area contributed by atoms with Crippen LogP contribution in [0.25, 0.3) is 0 Å². The highest BCUT2D eigenvalue weighted by Crippen LogP contribution is 2.27. The Morgan fingerprint density at radius 2 is 2.33 bits per heavy atom. The molecule has 15 heavy (non-hydrogen) atoms. The van der Waals surface area contributed by atoms with Crippen molar-refractivity contribution >= 4 is 16.5 Å². The number of hydrogen-bond acceptors (Lipinski definition) is 4. The molecule has 1 heterocycles. The van der Waals surface area contributed by atoms with E-state index in [0.717, 1.165) is 24.7 Å². The highest BCUT2D eigenvalue weighted by Gasteiger charge is 2.27. The van der Waals surface area contributed by atoms with Crippen molar-refractivity contribution in [2.75, 3.05) is 18.8 Å². The molecule has 0 amide bonds. The van der Waals surface area contributed by atoms with E-state index >= 15 is 0 Å². The third kappa shape index (κ3) is 3.18. The minimum absolute atomic E-state index is 0.693. The molecule has 0 aromatic carbocycles. The number of nitrogens with two attached hydrogens (primary N) is 1. The number of nitrogen functional groups attached to an aromatic ring is 1. The van der Waals surface area contributed by atoms with Crippen LogP contribution < -0.4 is 5.73 Å². The number of nitrogens with zero attached hydrogens (tertiary/aromatic N) is 2. The molecule has 1 aliphatic rings. The van der Waals surface area contributed by atoms with Crippen LogP contribution in [0.15, 0.2) is 5.38 Å². The Kier molecular flexibility index (Phi) is 3.59. The molecule has 1 fully saturated rings. The fraction of sp³-hybridized carbons (Fsp3) is 0.727. The van der Waals surface area contributed by atoms with Crippen molar-refractivity contribution in [2.45, 2.75) is 38.6 Å². The summed E-state index contributed by atoms with van der Waals surface area (Å²) in [5, 5.41) is 2.77. The van der Waals surface area contributed by atoms with Crippen LogP contribution in [0.1, 0.15) is 31.9 Å². The third-order valence-corrected chi connectivity index (χ3v) is 3.52. The summed E-state index contributed by atoms with van der Waals surface area (Å²) in [4.78, 5) is 6.88. The molecule has 0 aliphatic heterocycles. The minimum atomic E-state index is 0.693. The lowest BCUT2D eigenvalue weighted by Gasteiger charge is -2.20. The predicted octanol–water partition coefficient (Wildman–Crippen LogP) is 2.14. The number of thiazole rings is 1. The molecule has 1 aliphatic carbocycles. The standard InChI is InChI=1S/C11H19N3S/c1-2-6-14(10-3-4-10)7-5-9-8-15-11(12)13-9/h8,10H,2-7H2,1H3,(H2,12,13). The molecular weight excluding hydrogens is 206 g/mol. The molecule has 0 atom stereocenters. The average molecular weight is 225 g/mol. The van der Waals surface area contributed by atoms with Gasteiger partial charge in [0.15, 0.2) is 5.13 Å². The topological polar surface area (TPSA) is 42.1 Å². The van der Waals surface area contributed by atoms with Crippen molar-refractivity contribution in [3.05, 3.63) is 11.1 Å². The molecule has 1 saturated carbocycles. The first-order valence-corrected chi connectivity index (χ1v) is 6.61. The van der Waals surface area contributed by atoms with Gasteiger partial charge in [-0.05, 0) is 25.8 Å². The van der Waals surface area contributed by atoms with Gasteiger partial charge in [0.25, 0.3) is 0 Å². The molecule has 3 nitrogen and oxygen atoms in total. The first-order chi connectivity index (χ1) is 7.29. The second-order valence-electron chi connectivity index (χ2n) is 4.19. The maximum Gasteiger partial charge on any atom is 0.180 e. The SMILES string of the molecule is CCCN(CCc1csc(N)n1)C1CC1. The van der Waals surface area contributed by atoms with Crippen molar-refractivity contribution in [1.82, 2.24) is 9.88 Å². The number of hydrogen-bond donors (Lipinski definition) is 1. The molecule has 2 rings (SSSR count). The molecule has 0 bridgehead atoms. The molecular formula is C11H19N3S. The zero-order valence-electron chi connectivity index (χ0n) is 9.28. The van der Waals surface area contributed by atoms with Crippen LogP contribution in [-0.4, -0.2) is 29.0 Å². The minimum Gasteiger partial charge on any atom is -0.375 e. The fourth-order valence-corrected chi connectivity index (χ4v) is 2.50. The smallest absolute Gasteiger partial charge is 0.180 e. The highest BCUT2D eigenvalue weighted by molar-refractivity contribution is 7.13. The van der Waals surface area contributed by atoms with E-state index in [-0.39, 0.29) is 0 Å². The van der Waals surface area contributed by atoms with E-state index in [1.807, 2.05) is 0 Å². The largest absolute Gasteiger partial charge is 0.375 e. The average Bonchev–Trinajstić information content (AvgIpc) is 2.97. The van der Waals surface area contributed by atoms with Crippen molar-refractivity contribution in [3.63, 3.8) is 0 Å². The maximum atomic E-state index is 5.61. The Morgan fingerprint density at radius 1 is 1.53 bits per heavy atom. The molecule has 4 heteroatoms. The Hall–Kier alpha value is -0.610. The molecule has 84 valence electrons. The third-order valence-electron chi connectivity index (χ3n) is 2.80. The summed E-state index contributed by atoms with van der Waals surface area (Å²) in [7, 11) is 0. The monoisotopic (exact) mass is 225 g/mol. The van der Waals surface area contributed by atoms with Crippen molar-refractivity contribution in [2.24, 2.45) is 0 Å². The van der Waals surface area contributed by atoms with E-state index in [9.17, 15) is 0 Å². The Labute approximate surface area is 95.3 Å². The van der Waals surface area contributed by atoms with Crippen LogP contribution in [0.5, 0.6) is 0 Å². The van der Waals surface area contributed by atoms with Gasteiger partial charge >= 0.3 is 0 Å². The number of rotatable bonds is 6. The summed E-state index contributed by atoms with van der Waals surface area (Å²) >= 11 is 1.54. The highest BCUT2D eigenvalue weighted by atomic mass is 32.1. The number of aromatic nitrogens is 1. The Morgan fingerprint density at radius 3 is 2.87 bits per heavy atom. The normalized spacial score (nSPS) is 16.1. The van der Waals surface area contributed by atoms with Gasteiger partial charge in [0.2, 0.25) is 0 Å². The van der Waals surface area contributed by atoms with Crippen LogP contribution in [0.4, 0.5) is 5.13 Å². The second-order valence-corrected chi connectivity index (χ2v) is 5.08. The van der Waals surface area contributed by atoms with Gasteiger partial charge in [-0.3, -0.25) is 0 Å². The maximum absolute atomic E-state index is 5.61. The van der Waals surface area contributed by atoms with E-state index in [1.165, 1.54) is 25.8 Å². The zero-order chi connectivity index (χ0) is 10.7. The number of anilines is 1.